The number of nitrogens with zero attached hydrogens (tertiary/aromatic N) is 1. The van der Waals surface area contributed by atoms with Crippen LogP contribution in [-0.2, 0) is 27.7 Å². The molecule has 35 heavy (non-hydrogen) atoms. The molecule has 7 nitrogen and oxygen atoms in total. The molecule has 0 bridgehead atoms. The maximum absolute atomic E-state index is 13.7. The van der Waals surface area contributed by atoms with E-state index in [0.717, 1.165) is 30.6 Å². The Morgan fingerprint density at radius 2 is 1.91 bits per heavy atom. The molecule has 1 fully saturated rings. The molecule has 0 aliphatic carbocycles. The minimum absolute atomic E-state index is 0.129. The average molecular weight is 518 g/mol. The zero-order chi connectivity index (χ0) is 24.7. The van der Waals surface area contributed by atoms with Crippen LogP contribution in [0.5, 0.6) is 17.2 Å². The van der Waals surface area contributed by atoms with Crippen molar-refractivity contribution in [2.75, 3.05) is 34.0 Å². The van der Waals surface area contributed by atoms with Gasteiger partial charge in [-0.3, -0.25) is 0 Å². The topological polar surface area (TPSA) is 74.3 Å². The molecule has 1 aliphatic heterocycles. The first-order valence-corrected chi connectivity index (χ1v) is 13.9. The third-order valence-corrected chi connectivity index (χ3v) is 8.62. The number of benzene rings is 2. The summed E-state index contributed by atoms with van der Waals surface area (Å²) >= 11 is 1.71. The summed E-state index contributed by atoms with van der Waals surface area (Å²) in [4.78, 5) is 1.42. The molecule has 0 saturated carbocycles. The van der Waals surface area contributed by atoms with E-state index in [-0.39, 0.29) is 24.1 Å². The Morgan fingerprint density at radius 3 is 2.63 bits per heavy atom. The van der Waals surface area contributed by atoms with Crippen molar-refractivity contribution in [3.63, 3.8) is 0 Å². The standard InChI is InChI=1S/C26H31NO6S2/c1-30-25-11-10-24(17-26(25)31-2)35(28,29)27(19-22-8-4-13-32-22)18-20-6-3-7-21(16-20)33-14-12-23-9-5-15-34-23/h3,5-7,9-11,15-17,22H,4,8,12-14,18-19H2,1-2H3. The van der Waals surface area contributed by atoms with Crippen LogP contribution in [0.15, 0.2) is 64.9 Å². The lowest BCUT2D eigenvalue weighted by molar-refractivity contribution is 0.0926. The normalized spacial score (nSPS) is 15.9. The summed E-state index contributed by atoms with van der Waals surface area (Å²) in [6.45, 7) is 1.70. The molecule has 9 heteroatoms. The monoisotopic (exact) mass is 517 g/mol. The van der Waals surface area contributed by atoms with Crippen LogP contribution in [0.4, 0.5) is 0 Å². The maximum Gasteiger partial charge on any atom is 0.243 e. The first-order valence-electron chi connectivity index (χ1n) is 11.6. The first kappa shape index (κ1) is 25.5. The van der Waals surface area contributed by atoms with Gasteiger partial charge in [-0.1, -0.05) is 18.2 Å². The minimum Gasteiger partial charge on any atom is -0.493 e. The van der Waals surface area contributed by atoms with E-state index in [9.17, 15) is 8.42 Å². The van der Waals surface area contributed by atoms with Gasteiger partial charge in [0, 0.05) is 37.1 Å². The van der Waals surface area contributed by atoms with Gasteiger partial charge in [-0.15, -0.1) is 11.3 Å². The van der Waals surface area contributed by atoms with Gasteiger partial charge >= 0.3 is 0 Å². The molecule has 0 N–H and O–H groups in total. The lowest BCUT2D eigenvalue weighted by atomic mass is 10.2. The van der Waals surface area contributed by atoms with E-state index in [0.29, 0.717) is 24.7 Å². The molecule has 0 amide bonds. The van der Waals surface area contributed by atoms with Crippen molar-refractivity contribution in [1.82, 2.24) is 4.31 Å². The summed E-state index contributed by atoms with van der Waals surface area (Å²) in [5, 5.41) is 2.05. The highest BCUT2D eigenvalue weighted by molar-refractivity contribution is 7.89. The molecule has 1 aromatic heterocycles. The number of methoxy groups -OCH3 is 2. The van der Waals surface area contributed by atoms with Crippen LogP contribution in [0.3, 0.4) is 0 Å². The van der Waals surface area contributed by atoms with Crippen molar-refractivity contribution >= 4 is 21.4 Å². The molecule has 0 radical (unpaired) electrons. The molecule has 1 aliphatic rings. The predicted octanol–water partition coefficient (Wildman–Crippen LogP) is 4.76. The summed E-state index contributed by atoms with van der Waals surface area (Å²) in [7, 11) is -0.818. The molecule has 4 rings (SSSR count). The Hall–Kier alpha value is -2.59. The van der Waals surface area contributed by atoms with Crippen molar-refractivity contribution in [2.24, 2.45) is 0 Å². The van der Waals surface area contributed by atoms with E-state index >= 15 is 0 Å². The molecule has 1 unspecified atom stereocenters. The Bertz CT molecular complexity index is 1190. The second-order valence-electron chi connectivity index (χ2n) is 8.27. The van der Waals surface area contributed by atoms with Gasteiger partial charge in [0.1, 0.15) is 5.75 Å². The number of hydrogen-bond donors (Lipinski definition) is 0. The lowest BCUT2D eigenvalue weighted by Gasteiger charge is -2.25. The largest absolute Gasteiger partial charge is 0.493 e. The summed E-state index contributed by atoms with van der Waals surface area (Å²) in [6, 6.07) is 16.4. The number of ether oxygens (including phenoxy) is 4. The number of rotatable bonds is 12. The van der Waals surface area contributed by atoms with E-state index in [4.69, 9.17) is 18.9 Å². The average Bonchev–Trinajstić information content (AvgIpc) is 3.58. The summed E-state index contributed by atoms with van der Waals surface area (Å²) in [5.74, 6) is 1.57. The number of sulfonamides is 1. The molecule has 3 aromatic rings. The number of hydrogen-bond acceptors (Lipinski definition) is 7. The lowest BCUT2D eigenvalue weighted by Crippen LogP contribution is -2.37. The first-order chi connectivity index (χ1) is 17.0. The van der Waals surface area contributed by atoms with E-state index in [1.54, 1.807) is 23.5 Å². The van der Waals surface area contributed by atoms with Crippen molar-refractivity contribution in [3.05, 3.63) is 70.4 Å². The van der Waals surface area contributed by atoms with Gasteiger partial charge in [-0.25, -0.2) is 8.42 Å². The van der Waals surface area contributed by atoms with Crippen molar-refractivity contribution in [2.45, 2.75) is 36.8 Å². The Labute approximate surface area is 211 Å². The van der Waals surface area contributed by atoms with Crippen LogP contribution >= 0.6 is 11.3 Å². The van der Waals surface area contributed by atoms with Crippen molar-refractivity contribution in [3.8, 4) is 17.2 Å². The zero-order valence-electron chi connectivity index (χ0n) is 20.0. The maximum atomic E-state index is 13.7. The van der Waals surface area contributed by atoms with Crippen LogP contribution in [0, 0.1) is 0 Å². The quantitative estimate of drug-likeness (QED) is 0.345. The van der Waals surface area contributed by atoms with E-state index in [1.165, 1.54) is 29.5 Å². The van der Waals surface area contributed by atoms with Crippen LogP contribution in [0.2, 0.25) is 0 Å². The van der Waals surface area contributed by atoms with Gasteiger partial charge < -0.3 is 18.9 Å². The van der Waals surface area contributed by atoms with Gasteiger partial charge in [0.25, 0.3) is 0 Å². The van der Waals surface area contributed by atoms with Gasteiger partial charge in [0.15, 0.2) is 11.5 Å². The molecular weight excluding hydrogens is 486 g/mol. The third kappa shape index (κ3) is 6.55. The molecule has 2 heterocycles. The zero-order valence-corrected chi connectivity index (χ0v) is 21.6. The fraction of sp³-hybridized carbons (Fsp3) is 0.385. The predicted molar refractivity (Wildman–Crippen MR) is 136 cm³/mol. The van der Waals surface area contributed by atoms with E-state index in [2.05, 4.69) is 11.4 Å². The highest BCUT2D eigenvalue weighted by atomic mass is 32.2. The molecule has 1 atom stereocenters. The van der Waals surface area contributed by atoms with Crippen molar-refractivity contribution < 1.29 is 27.4 Å². The number of thiophene rings is 1. The second-order valence-corrected chi connectivity index (χ2v) is 11.2. The molecule has 1 saturated heterocycles. The Morgan fingerprint density at radius 1 is 1.06 bits per heavy atom. The molecule has 188 valence electrons. The Balaban J connectivity index is 1.53. The molecule has 0 spiro atoms. The summed E-state index contributed by atoms with van der Waals surface area (Å²) < 4.78 is 51.3. The van der Waals surface area contributed by atoms with Crippen molar-refractivity contribution in [1.29, 1.82) is 0 Å². The van der Waals surface area contributed by atoms with Gasteiger partial charge in [-0.2, -0.15) is 4.31 Å². The molecule has 2 aromatic carbocycles. The van der Waals surface area contributed by atoms with Gasteiger partial charge in [0.05, 0.1) is 31.8 Å². The fourth-order valence-corrected chi connectivity index (χ4v) is 6.22. The van der Waals surface area contributed by atoms with Crippen LogP contribution in [-0.4, -0.2) is 52.8 Å². The summed E-state index contributed by atoms with van der Waals surface area (Å²) in [6.07, 6.45) is 2.47. The minimum atomic E-state index is -3.83. The van der Waals surface area contributed by atoms with E-state index < -0.39 is 10.0 Å². The summed E-state index contributed by atoms with van der Waals surface area (Å²) in [5.41, 5.74) is 0.848. The highest BCUT2D eigenvalue weighted by Gasteiger charge is 2.30. The second kappa shape index (κ2) is 11.9. The van der Waals surface area contributed by atoms with Gasteiger partial charge in [0.2, 0.25) is 10.0 Å². The Kier molecular flexibility index (Phi) is 8.67. The highest BCUT2D eigenvalue weighted by Crippen LogP contribution is 2.32. The van der Waals surface area contributed by atoms with Crippen LogP contribution < -0.4 is 14.2 Å². The van der Waals surface area contributed by atoms with Crippen LogP contribution in [0.1, 0.15) is 23.3 Å². The molecular formula is C26H31NO6S2. The van der Waals surface area contributed by atoms with Gasteiger partial charge in [-0.05, 0) is 54.1 Å². The third-order valence-electron chi connectivity index (χ3n) is 5.88. The van der Waals surface area contributed by atoms with Crippen LogP contribution in [0.25, 0.3) is 0 Å². The van der Waals surface area contributed by atoms with E-state index in [1.807, 2.05) is 30.3 Å². The fourth-order valence-electron chi connectivity index (χ4n) is 4.05. The smallest absolute Gasteiger partial charge is 0.243 e. The SMILES string of the molecule is COc1ccc(S(=O)(=O)N(Cc2cccc(OCCc3cccs3)c2)CC2CCCO2)cc1OC.